The van der Waals surface area contributed by atoms with Gasteiger partial charge in [-0.3, -0.25) is 9.97 Å². The zero-order chi connectivity index (χ0) is 33.0. The summed E-state index contributed by atoms with van der Waals surface area (Å²) in [7, 11) is 0. The summed E-state index contributed by atoms with van der Waals surface area (Å²) in [6.45, 7) is 0. The Morgan fingerprint density at radius 2 is 1.14 bits per heavy atom. The Morgan fingerprint density at radius 1 is 0.580 bits per heavy atom. The second-order valence-electron chi connectivity index (χ2n) is 12.5. The molecule has 6 nitrogen and oxygen atoms in total. The number of rotatable bonds is 5. The predicted molar refractivity (Wildman–Crippen MR) is 204 cm³/mol. The number of allylic oxidation sites excluding steroid dienone is 2. The van der Waals surface area contributed by atoms with E-state index in [0.29, 0.717) is 23.2 Å². The number of hydrogen-bond acceptors (Lipinski definition) is 7. The molecule has 0 amide bonds. The molecule has 0 N–H and O–H groups in total. The molecule has 50 heavy (non-hydrogen) atoms. The lowest BCUT2D eigenvalue weighted by atomic mass is 9.90. The van der Waals surface area contributed by atoms with Gasteiger partial charge >= 0.3 is 0 Å². The fourth-order valence-electron chi connectivity index (χ4n) is 7.16. The van der Waals surface area contributed by atoms with Gasteiger partial charge < -0.3 is 4.90 Å². The van der Waals surface area contributed by atoms with E-state index < -0.39 is 0 Å². The van der Waals surface area contributed by atoms with Gasteiger partial charge in [-0.05, 0) is 54.0 Å². The number of benzene rings is 4. The second kappa shape index (κ2) is 11.7. The van der Waals surface area contributed by atoms with Crippen LogP contribution in [0.25, 0.3) is 65.6 Å². The molecule has 0 saturated carbocycles. The van der Waals surface area contributed by atoms with E-state index in [2.05, 4.69) is 83.8 Å². The minimum absolute atomic E-state index is 0.250. The summed E-state index contributed by atoms with van der Waals surface area (Å²) in [5.74, 6) is 1.78. The molecular weight excluding hydrogens is 633 g/mol. The quantitative estimate of drug-likeness (QED) is 0.183. The van der Waals surface area contributed by atoms with Crippen LogP contribution in [-0.4, -0.2) is 31.0 Å². The average Bonchev–Trinajstić information content (AvgIpc) is 3.73. The topological polar surface area (TPSA) is 67.7 Å². The molecule has 8 aromatic rings. The summed E-state index contributed by atoms with van der Waals surface area (Å²) in [6.07, 6.45) is 9.52. The van der Waals surface area contributed by atoms with Gasteiger partial charge in [0.25, 0.3) is 0 Å². The molecule has 0 saturated heterocycles. The Labute approximate surface area is 292 Å². The van der Waals surface area contributed by atoms with E-state index in [0.717, 1.165) is 49.0 Å². The summed E-state index contributed by atoms with van der Waals surface area (Å²) in [6, 6.07) is 44.1. The van der Waals surface area contributed by atoms with Gasteiger partial charge in [-0.15, -0.1) is 11.3 Å². The molecule has 0 radical (unpaired) electrons. The zero-order valence-corrected chi connectivity index (χ0v) is 27.6. The highest BCUT2D eigenvalue weighted by atomic mass is 32.1. The van der Waals surface area contributed by atoms with Crippen LogP contribution in [0.1, 0.15) is 17.7 Å². The van der Waals surface area contributed by atoms with E-state index in [1.807, 2.05) is 73.1 Å². The van der Waals surface area contributed by atoms with Gasteiger partial charge in [-0.1, -0.05) is 103 Å². The maximum atomic E-state index is 4.97. The van der Waals surface area contributed by atoms with Crippen LogP contribution in [0.4, 0.5) is 11.4 Å². The minimum atomic E-state index is 0.250. The van der Waals surface area contributed by atoms with E-state index in [9.17, 15) is 0 Å². The Morgan fingerprint density at radius 3 is 1.82 bits per heavy atom. The summed E-state index contributed by atoms with van der Waals surface area (Å²) in [5.41, 5.74) is 9.77. The molecule has 7 heteroatoms. The molecule has 1 unspecified atom stereocenters. The van der Waals surface area contributed by atoms with E-state index in [1.165, 1.54) is 22.5 Å². The molecule has 0 fully saturated rings. The lowest BCUT2D eigenvalue weighted by Crippen LogP contribution is -2.27. The van der Waals surface area contributed by atoms with E-state index in [4.69, 9.17) is 24.9 Å². The first-order valence-corrected chi connectivity index (χ1v) is 17.5. The number of nitrogens with zero attached hydrogens (tertiary/aromatic N) is 6. The largest absolute Gasteiger partial charge is 0.333 e. The molecule has 4 aromatic heterocycles. The first-order chi connectivity index (χ1) is 24.8. The fourth-order valence-corrected chi connectivity index (χ4v) is 8.17. The number of hydrogen-bond donors (Lipinski definition) is 0. The molecule has 5 heterocycles. The van der Waals surface area contributed by atoms with Crippen molar-refractivity contribution in [1.29, 1.82) is 0 Å². The Balaban J connectivity index is 1.06. The number of pyridine rings is 2. The van der Waals surface area contributed by atoms with Crippen LogP contribution in [0.5, 0.6) is 0 Å². The normalized spacial score (nSPS) is 15.1. The molecule has 10 rings (SSSR count). The third-order valence-corrected chi connectivity index (χ3v) is 10.6. The molecule has 0 spiro atoms. The van der Waals surface area contributed by atoms with Crippen molar-refractivity contribution in [2.24, 2.45) is 0 Å². The Kier molecular flexibility index (Phi) is 6.70. The van der Waals surface area contributed by atoms with E-state index in [1.54, 1.807) is 11.3 Å². The Bertz CT molecular complexity index is 2570. The number of thiophene rings is 1. The monoisotopic (exact) mass is 660 g/mol. The van der Waals surface area contributed by atoms with Gasteiger partial charge in [-0.2, -0.15) is 0 Å². The van der Waals surface area contributed by atoms with Crippen molar-refractivity contribution in [2.75, 3.05) is 4.90 Å². The summed E-state index contributed by atoms with van der Waals surface area (Å²) in [5, 5.41) is 2.27. The maximum Gasteiger partial charge on any atom is 0.182 e. The summed E-state index contributed by atoms with van der Waals surface area (Å²) < 4.78 is 2.22. The molecule has 1 aliphatic heterocycles. The van der Waals surface area contributed by atoms with Crippen LogP contribution < -0.4 is 4.90 Å². The lowest BCUT2D eigenvalue weighted by molar-refractivity contribution is 0.831. The van der Waals surface area contributed by atoms with Crippen LogP contribution >= 0.6 is 11.3 Å². The van der Waals surface area contributed by atoms with Gasteiger partial charge in [0, 0.05) is 51.2 Å². The highest BCUT2D eigenvalue weighted by Gasteiger charge is 2.35. The minimum Gasteiger partial charge on any atom is -0.333 e. The first-order valence-electron chi connectivity index (χ1n) is 16.7. The molecule has 1 aliphatic carbocycles. The number of para-hydroxylation sites is 2. The van der Waals surface area contributed by atoms with Crippen molar-refractivity contribution in [3.8, 4) is 34.3 Å². The third kappa shape index (κ3) is 4.82. The maximum absolute atomic E-state index is 4.97. The van der Waals surface area contributed by atoms with Gasteiger partial charge in [0.15, 0.2) is 17.5 Å². The second-order valence-corrected chi connectivity index (χ2v) is 13.6. The van der Waals surface area contributed by atoms with Crippen LogP contribution in [0.15, 0.2) is 152 Å². The van der Waals surface area contributed by atoms with Crippen LogP contribution in [0.3, 0.4) is 0 Å². The smallest absolute Gasteiger partial charge is 0.182 e. The molecule has 0 bridgehead atoms. The molecule has 4 aromatic carbocycles. The molecule has 236 valence electrons. The number of anilines is 2. The zero-order valence-electron chi connectivity index (χ0n) is 26.8. The van der Waals surface area contributed by atoms with Crippen molar-refractivity contribution in [3.63, 3.8) is 0 Å². The highest BCUT2D eigenvalue weighted by Crippen LogP contribution is 2.49. The van der Waals surface area contributed by atoms with Crippen LogP contribution in [0, 0.1) is 0 Å². The van der Waals surface area contributed by atoms with Crippen LogP contribution in [-0.2, 0) is 0 Å². The van der Waals surface area contributed by atoms with Crippen LogP contribution in [0.2, 0.25) is 0 Å². The predicted octanol–water partition coefficient (Wildman–Crippen LogP) is 10.4. The number of fused-ring (bicyclic) bond motifs is 6. The summed E-state index contributed by atoms with van der Waals surface area (Å²) in [4.78, 5) is 27.0. The average molecular weight is 661 g/mol. The molecule has 1 atom stereocenters. The SMILES string of the molecule is C1=C(c2cc3c(cn2)sc2cnc(-c4nc(-c5ccccc5)nc(-c5ccccc5)n4)cc23)C=C2c3ccccc3N(c3ccccc3)C2C1. The molecule has 2 aliphatic rings. The van der Waals surface area contributed by atoms with Crippen molar-refractivity contribution >= 4 is 54.0 Å². The highest BCUT2D eigenvalue weighted by molar-refractivity contribution is 7.25. The van der Waals surface area contributed by atoms with Crippen molar-refractivity contribution in [3.05, 3.63) is 163 Å². The Hall–Kier alpha value is -6.31. The molecular formula is C43H28N6S. The van der Waals surface area contributed by atoms with Crippen molar-refractivity contribution in [1.82, 2.24) is 24.9 Å². The van der Waals surface area contributed by atoms with Crippen molar-refractivity contribution in [2.45, 2.75) is 12.5 Å². The third-order valence-electron chi connectivity index (χ3n) is 9.52. The first kappa shape index (κ1) is 28.7. The van der Waals surface area contributed by atoms with Gasteiger partial charge in [-0.25, -0.2) is 15.0 Å². The van der Waals surface area contributed by atoms with E-state index in [-0.39, 0.29) is 6.04 Å². The number of aromatic nitrogens is 5. The van der Waals surface area contributed by atoms with Gasteiger partial charge in [0.2, 0.25) is 0 Å². The standard InChI is InChI=1S/C43H28N6S/c1-4-12-27(13-5-1)41-46-42(28-14-6-2-7-15-28)48-43(47-41)36-24-34-33-23-35(44-25-39(33)50-40(34)26-45-36)29-20-21-38-32(22-29)31-18-10-11-19-37(31)49(38)30-16-8-3-9-17-30/h1-20,22-26,38H,21H2. The van der Waals surface area contributed by atoms with Gasteiger partial charge in [0.05, 0.1) is 21.1 Å². The summed E-state index contributed by atoms with van der Waals surface area (Å²) >= 11 is 1.71. The lowest BCUT2D eigenvalue weighted by Gasteiger charge is -2.29. The van der Waals surface area contributed by atoms with Gasteiger partial charge in [0.1, 0.15) is 5.69 Å². The fraction of sp³-hybridized carbons (Fsp3) is 0.0465. The van der Waals surface area contributed by atoms with Crippen molar-refractivity contribution < 1.29 is 0 Å². The van der Waals surface area contributed by atoms with E-state index >= 15 is 0 Å².